The predicted octanol–water partition coefficient (Wildman–Crippen LogP) is 1.04. The molecule has 29 heavy (non-hydrogen) atoms. The Morgan fingerprint density at radius 1 is 1.14 bits per heavy atom. The van der Waals surface area contributed by atoms with Crippen LogP contribution in [0.2, 0.25) is 10.0 Å². The summed E-state index contributed by atoms with van der Waals surface area (Å²) < 4.78 is 5.42. The summed E-state index contributed by atoms with van der Waals surface area (Å²) in [5.41, 5.74) is -1.20. The summed E-state index contributed by atoms with van der Waals surface area (Å²) in [6.07, 6.45) is 0.369. The van der Waals surface area contributed by atoms with Crippen LogP contribution in [0.5, 0.6) is 0 Å². The van der Waals surface area contributed by atoms with E-state index in [1.54, 1.807) is 30.3 Å². The smallest absolute Gasteiger partial charge is 0.254 e. The number of aliphatic hydroxyl groups is 2. The van der Waals surface area contributed by atoms with Crippen molar-refractivity contribution >= 4 is 35.0 Å². The van der Waals surface area contributed by atoms with Crippen LogP contribution in [0, 0.1) is 0 Å². The van der Waals surface area contributed by atoms with E-state index >= 15 is 0 Å². The van der Waals surface area contributed by atoms with Crippen molar-refractivity contribution in [1.29, 1.82) is 0 Å². The molecule has 2 heterocycles. The maximum absolute atomic E-state index is 12.3. The molecule has 1 aromatic heterocycles. The standard InChI is InChI=1S/C19H19Cl2N3O5/c20-12-6-22-7-13(21)15(12)18(27)23-8-14-16(25)19(28,10-29-14)9-24-17(26)11-4-2-1-3-5-11/h1-7,14,16,25,28H,8-10H2,(H,23,27)(H,24,26)/t14-,16-,19+/m1/s1. The van der Waals surface area contributed by atoms with Crippen LogP contribution in [0.25, 0.3) is 0 Å². The second-order valence-electron chi connectivity index (χ2n) is 6.63. The molecule has 0 saturated carbocycles. The summed E-state index contributed by atoms with van der Waals surface area (Å²) in [5, 5.41) is 26.4. The summed E-state index contributed by atoms with van der Waals surface area (Å²) in [4.78, 5) is 28.2. The molecule has 10 heteroatoms. The predicted molar refractivity (Wildman–Crippen MR) is 106 cm³/mol. The molecule has 1 aliphatic heterocycles. The van der Waals surface area contributed by atoms with Gasteiger partial charge in [0.25, 0.3) is 11.8 Å². The van der Waals surface area contributed by atoms with Gasteiger partial charge < -0.3 is 25.6 Å². The molecule has 1 fully saturated rings. The van der Waals surface area contributed by atoms with Gasteiger partial charge in [0.2, 0.25) is 0 Å². The van der Waals surface area contributed by atoms with Gasteiger partial charge in [-0.15, -0.1) is 0 Å². The Kier molecular flexibility index (Phi) is 6.71. The van der Waals surface area contributed by atoms with Gasteiger partial charge in [-0.2, -0.15) is 0 Å². The van der Waals surface area contributed by atoms with Crippen molar-refractivity contribution in [2.75, 3.05) is 19.7 Å². The molecule has 2 aromatic rings. The number of hydrogen-bond donors (Lipinski definition) is 4. The third-order valence-electron chi connectivity index (χ3n) is 4.59. The number of nitrogens with zero attached hydrogens (tertiary/aromatic N) is 1. The number of pyridine rings is 1. The molecule has 0 spiro atoms. The van der Waals surface area contributed by atoms with Crippen LogP contribution in [0.3, 0.4) is 0 Å². The van der Waals surface area contributed by atoms with E-state index in [9.17, 15) is 19.8 Å². The van der Waals surface area contributed by atoms with Gasteiger partial charge in [-0.3, -0.25) is 14.6 Å². The molecular formula is C19H19Cl2N3O5. The number of hydrogen-bond acceptors (Lipinski definition) is 6. The summed E-state index contributed by atoms with van der Waals surface area (Å²) in [5.74, 6) is -0.948. The van der Waals surface area contributed by atoms with Gasteiger partial charge in [0.15, 0.2) is 0 Å². The lowest BCUT2D eigenvalue weighted by Crippen LogP contribution is -2.53. The zero-order chi connectivity index (χ0) is 21.0. The van der Waals surface area contributed by atoms with E-state index in [0.29, 0.717) is 5.56 Å². The molecule has 1 aromatic carbocycles. The SMILES string of the molecule is O=C(NC[C@]1(O)CO[C@H](CNC(=O)c2c(Cl)cncc2Cl)[C@H]1O)c1ccccc1. The Balaban J connectivity index is 1.55. The number of carbonyl (C=O) groups is 2. The lowest BCUT2D eigenvalue weighted by atomic mass is 9.96. The number of benzene rings is 1. The Morgan fingerprint density at radius 2 is 1.79 bits per heavy atom. The first-order chi connectivity index (χ1) is 13.8. The van der Waals surface area contributed by atoms with Crippen molar-refractivity contribution in [3.8, 4) is 0 Å². The molecule has 0 unspecified atom stereocenters. The fourth-order valence-corrected chi connectivity index (χ4v) is 3.47. The van der Waals surface area contributed by atoms with Crippen molar-refractivity contribution in [3.05, 3.63) is 63.9 Å². The topological polar surface area (TPSA) is 121 Å². The summed E-state index contributed by atoms with van der Waals surface area (Å²) in [7, 11) is 0. The minimum absolute atomic E-state index is 0.0567. The van der Waals surface area contributed by atoms with Crippen LogP contribution < -0.4 is 10.6 Å². The number of carbonyl (C=O) groups excluding carboxylic acids is 2. The summed E-state index contributed by atoms with van der Waals surface area (Å²) in [6.45, 7) is -0.515. The van der Waals surface area contributed by atoms with Gasteiger partial charge >= 0.3 is 0 Å². The number of halogens is 2. The number of amides is 2. The highest BCUT2D eigenvalue weighted by Crippen LogP contribution is 2.25. The normalized spacial score (nSPS) is 23.6. The van der Waals surface area contributed by atoms with E-state index < -0.39 is 23.7 Å². The van der Waals surface area contributed by atoms with Gasteiger partial charge in [0.1, 0.15) is 17.8 Å². The first kappa shape index (κ1) is 21.5. The van der Waals surface area contributed by atoms with Crippen LogP contribution >= 0.6 is 23.2 Å². The molecule has 0 aliphatic carbocycles. The summed E-state index contributed by atoms with van der Waals surface area (Å²) in [6, 6.07) is 8.49. The first-order valence-corrected chi connectivity index (χ1v) is 9.50. The summed E-state index contributed by atoms with van der Waals surface area (Å²) >= 11 is 11.9. The van der Waals surface area contributed by atoms with Crippen LogP contribution in [0.15, 0.2) is 42.7 Å². The van der Waals surface area contributed by atoms with Crippen LogP contribution in [0.4, 0.5) is 0 Å². The fraction of sp³-hybridized carbons (Fsp3) is 0.316. The molecule has 154 valence electrons. The second-order valence-corrected chi connectivity index (χ2v) is 7.45. The third-order valence-corrected chi connectivity index (χ3v) is 5.16. The van der Waals surface area contributed by atoms with E-state index in [0.717, 1.165) is 0 Å². The number of rotatable bonds is 6. The Labute approximate surface area is 176 Å². The number of aromatic nitrogens is 1. The molecule has 1 aliphatic rings. The Bertz CT molecular complexity index is 878. The van der Waals surface area contributed by atoms with Gasteiger partial charge in [-0.1, -0.05) is 41.4 Å². The molecule has 0 bridgehead atoms. The highest BCUT2D eigenvalue weighted by molar-refractivity contribution is 6.39. The molecule has 3 rings (SSSR count). The van der Waals surface area contributed by atoms with Crippen LogP contribution in [0.1, 0.15) is 20.7 Å². The lowest BCUT2D eigenvalue weighted by Gasteiger charge is -2.26. The minimum Gasteiger partial charge on any atom is -0.387 e. The average Bonchev–Trinajstić information content (AvgIpc) is 3.00. The molecule has 2 amide bonds. The Morgan fingerprint density at radius 3 is 2.45 bits per heavy atom. The van der Waals surface area contributed by atoms with Crippen molar-refractivity contribution in [2.45, 2.75) is 17.8 Å². The monoisotopic (exact) mass is 439 g/mol. The lowest BCUT2D eigenvalue weighted by molar-refractivity contribution is -0.0464. The third kappa shape index (κ3) is 4.85. The minimum atomic E-state index is -1.69. The van der Waals surface area contributed by atoms with Gasteiger partial charge in [0, 0.05) is 24.5 Å². The molecular weight excluding hydrogens is 421 g/mol. The van der Waals surface area contributed by atoms with Crippen molar-refractivity contribution in [2.24, 2.45) is 0 Å². The maximum atomic E-state index is 12.3. The quantitative estimate of drug-likeness (QED) is 0.533. The van der Waals surface area contributed by atoms with Crippen LogP contribution in [-0.2, 0) is 4.74 Å². The van der Waals surface area contributed by atoms with Gasteiger partial charge in [-0.25, -0.2) is 0 Å². The Hall–Kier alpha value is -2.23. The van der Waals surface area contributed by atoms with Crippen molar-refractivity contribution in [1.82, 2.24) is 15.6 Å². The van der Waals surface area contributed by atoms with E-state index in [1.807, 2.05) is 0 Å². The van der Waals surface area contributed by atoms with Crippen molar-refractivity contribution in [3.63, 3.8) is 0 Å². The highest BCUT2D eigenvalue weighted by atomic mass is 35.5. The van der Waals surface area contributed by atoms with Gasteiger partial charge in [-0.05, 0) is 12.1 Å². The van der Waals surface area contributed by atoms with E-state index in [1.165, 1.54) is 12.4 Å². The van der Waals surface area contributed by atoms with E-state index in [-0.39, 0.29) is 41.2 Å². The number of aliphatic hydroxyl groups excluding tert-OH is 1. The highest BCUT2D eigenvalue weighted by Gasteiger charge is 2.48. The largest absolute Gasteiger partial charge is 0.387 e. The molecule has 8 nitrogen and oxygen atoms in total. The van der Waals surface area contributed by atoms with E-state index in [4.69, 9.17) is 27.9 Å². The first-order valence-electron chi connectivity index (χ1n) is 8.74. The molecule has 4 N–H and O–H groups in total. The van der Waals surface area contributed by atoms with E-state index in [2.05, 4.69) is 15.6 Å². The fourth-order valence-electron chi connectivity index (χ4n) is 2.93. The van der Waals surface area contributed by atoms with Crippen LogP contribution in [-0.4, -0.2) is 64.5 Å². The zero-order valence-corrected chi connectivity index (χ0v) is 16.7. The molecule has 0 radical (unpaired) electrons. The number of nitrogens with one attached hydrogen (secondary N) is 2. The van der Waals surface area contributed by atoms with Crippen molar-refractivity contribution < 1.29 is 24.5 Å². The molecule has 3 atom stereocenters. The number of ether oxygens (including phenoxy) is 1. The molecule has 1 saturated heterocycles. The average molecular weight is 440 g/mol. The van der Waals surface area contributed by atoms with Gasteiger partial charge in [0.05, 0.1) is 28.8 Å². The second kappa shape index (κ2) is 9.06. The zero-order valence-electron chi connectivity index (χ0n) is 15.1. The maximum Gasteiger partial charge on any atom is 0.254 e.